The van der Waals surface area contributed by atoms with Gasteiger partial charge in [-0.15, -0.1) is 0 Å². The van der Waals surface area contributed by atoms with Gasteiger partial charge in [-0.1, -0.05) is 6.07 Å². The Kier molecular flexibility index (Phi) is 4.17. The molecule has 0 atom stereocenters. The Morgan fingerprint density at radius 2 is 2.00 bits per heavy atom. The number of hydrogen-bond acceptors (Lipinski definition) is 2. The van der Waals surface area contributed by atoms with Crippen LogP contribution in [0.25, 0.3) is 0 Å². The molecule has 1 rings (SSSR count). The van der Waals surface area contributed by atoms with Crippen LogP contribution in [0.3, 0.4) is 0 Å². The molecule has 16 heavy (non-hydrogen) atoms. The smallest absolute Gasteiger partial charge is 0.321 e. The first-order valence-electron chi connectivity index (χ1n) is 5.50. The predicted molar refractivity (Wildman–Crippen MR) is 67.5 cm³/mol. The number of nitrogens with zero attached hydrogens (tertiary/aromatic N) is 1. The number of carbonyl (C=O) groups excluding carboxylic acids is 1. The molecule has 1 aromatic rings. The second-order valence-corrected chi connectivity index (χ2v) is 3.69. The molecule has 0 saturated carbocycles. The molecule has 3 N–H and O–H groups in total. The minimum absolute atomic E-state index is 0.111. The average molecular weight is 221 g/mol. The monoisotopic (exact) mass is 221 g/mol. The van der Waals surface area contributed by atoms with E-state index in [1.165, 1.54) is 0 Å². The Labute approximate surface area is 96.4 Å². The summed E-state index contributed by atoms with van der Waals surface area (Å²) in [6.45, 7) is 7.23. The highest BCUT2D eigenvalue weighted by molar-refractivity contribution is 5.92. The number of aryl methyl sites for hydroxylation is 1. The van der Waals surface area contributed by atoms with Crippen LogP contribution < -0.4 is 11.1 Å². The van der Waals surface area contributed by atoms with Gasteiger partial charge in [0.1, 0.15) is 0 Å². The van der Waals surface area contributed by atoms with Gasteiger partial charge in [0.15, 0.2) is 0 Å². The zero-order chi connectivity index (χ0) is 12.1. The number of hydrogen-bond donors (Lipinski definition) is 2. The quantitative estimate of drug-likeness (QED) is 0.770. The van der Waals surface area contributed by atoms with Crippen molar-refractivity contribution in [1.29, 1.82) is 0 Å². The van der Waals surface area contributed by atoms with E-state index in [-0.39, 0.29) is 6.03 Å². The van der Waals surface area contributed by atoms with E-state index in [1.54, 1.807) is 4.90 Å². The summed E-state index contributed by atoms with van der Waals surface area (Å²) in [5.41, 5.74) is 8.17. The van der Waals surface area contributed by atoms with Crippen LogP contribution in [0.4, 0.5) is 16.2 Å². The normalized spacial score (nSPS) is 9.94. The molecule has 0 fully saturated rings. The Balaban J connectivity index is 2.76. The molecule has 0 saturated heterocycles. The summed E-state index contributed by atoms with van der Waals surface area (Å²) in [4.78, 5) is 13.5. The molecule has 0 aliphatic heterocycles. The number of amides is 2. The lowest BCUT2D eigenvalue weighted by Gasteiger charge is -2.19. The Bertz CT molecular complexity index is 373. The van der Waals surface area contributed by atoms with E-state index in [4.69, 9.17) is 5.73 Å². The van der Waals surface area contributed by atoms with Crippen LogP contribution in [-0.2, 0) is 0 Å². The van der Waals surface area contributed by atoms with Gasteiger partial charge in [-0.05, 0) is 38.5 Å². The molecular weight excluding hydrogens is 202 g/mol. The first kappa shape index (κ1) is 12.4. The maximum absolute atomic E-state index is 11.8. The van der Waals surface area contributed by atoms with Crippen molar-refractivity contribution in [1.82, 2.24) is 4.90 Å². The fraction of sp³-hybridized carbons (Fsp3) is 0.417. The summed E-state index contributed by atoms with van der Waals surface area (Å²) >= 11 is 0. The molecule has 4 heteroatoms. The first-order chi connectivity index (χ1) is 7.58. The molecule has 0 bridgehead atoms. The van der Waals surface area contributed by atoms with Crippen LogP contribution in [-0.4, -0.2) is 24.0 Å². The third-order valence-electron chi connectivity index (χ3n) is 2.50. The van der Waals surface area contributed by atoms with Crippen molar-refractivity contribution in [3.05, 3.63) is 23.8 Å². The summed E-state index contributed by atoms with van der Waals surface area (Å²) < 4.78 is 0. The molecule has 0 spiro atoms. The predicted octanol–water partition coefficient (Wildman–Crippen LogP) is 2.45. The second kappa shape index (κ2) is 5.39. The fourth-order valence-corrected chi connectivity index (χ4v) is 1.50. The summed E-state index contributed by atoms with van der Waals surface area (Å²) in [6.07, 6.45) is 0. The fourth-order valence-electron chi connectivity index (χ4n) is 1.50. The van der Waals surface area contributed by atoms with Crippen molar-refractivity contribution in [2.24, 2.45) is 0 Å². The van der Waals surface area contributed by atoms with Gasteiger partial charge in [0.25, 0.3) is 0 Å². The minimum atomic E-state index is -0.111. The number of nitrogen functional groups attached to an aromatic ring is 1. The lowest BCUT2D eigenvalue weighted by Crippen LogP contribution is -2.34. The molecule has 0 heterocycles. The zero-order valence-corrected chi connectivity index (χ0v) is 10.1. The largest absolute Gasteiger partial charge is 0.397 e. The highest BCUT2D eigenvalue weighted by atomic mass is 16.2. The molecule has 0 aromatic heterocycles. The highest BCUT2D eigenvalue weighted by Crippen LogP contribution is 2.19. The molecule has 2 amide bonds. The topological polar surface area (TPSA) is 58.4 Å². The minimum Gasteiger partial charge on any atom is -0.397 e. The van der Waals surface area contributed by atoms with E-state index < -0.39 is 0 Å². The molecule has 0 radical (unpaired) electrons. The maximum Gasteiger partial charge on any atom is 0.321 e. The van der Waals surface area contributed by atoms with Gasteiger partial charge >= 0.3 is 6.03 Å². The summed E-state index contributed by atoms with van der Waals surface area (Å²) in [5.74, 6) is 0. The number of nitrogens with one attached hydrogen (secondary N) is 1. The van der Waals surface area contributed by atoms with Gasteiger partial charge in [-0.2, -0.15) is 0 Å². The van der Waals surface area contributed by atoms with E-state index in [9.17, 15) is 4.79 Å². The summed E-state index contributed by atoms with van der Waals surface area (Å²) in [7, 11) is 0. The number of carbonyl (C=O) groups is 1. The molecule has 4 nitrogen and oxygen atoms in total. The van der Waals surface area contributed by atoms with E-state index in [0.717, 1.165) is 5.56 Å². The molecule has 0 aliphatic rings. The van der Waals surface area contributed by atoms with Crippen molar-refractivity contribution in [2.45, 2.75) is 20.8 Å². The molecule has 0 unspecified atom stereocenters. The van der Waals surface area contributed by atoms with Crippen LogP contribution >= 0.6 is 0 Å². The van der Waals surface area contributed by atoms with Crippen molar-refractivity contribution >= 4 is 17.4 Å². The van der Waals surface area contributed by atoms with Gasteiger partial charge in [-0.25, -0.2) is 4.79 Å². The average Bonchev–Trinajstić information content (AvgIpc) is 2.24. The van der Waals surface area contributed by atoms with Crippen molar-refractivity contribution in [2.75, 3.05) is 24.1 Å². The zero-order valence-electron chi connectivity index (χ0n) is 10.1. The Morgan fingerprint density at radius 1 is 1.38 bits per heavy atom. The first-order valence-corrected chi connectivity index (χ1v) is 5.50. The number of rotatable bonds is 3. The third-order valence-corrected chi connectivity index (χ3v) is 2.50. The lowest BCUT2D eigenvalue weighted by molar-refractivity contribution is 0.217. The van der Waals surface area contributed by atoms with E-state index in [1.807, 2.05) is 39.0 Å². The number of nitrogens with two attached hydrogens (primary N) is 1. The molecule has 88 valence electrons. The molecule has 1 aromatic carbocycles. The number of urea groups is 1. The Hall–Kier alpha value is -1.71. The van der Waals surface area contributed by atoms with Crippen molar-refractivity contribution < 1.29 is 4.79 Å². The third kappa shape index (κ3) is 2.89. The highest BCUT2D eigenvalue weighted by Gasteiger charge is 2.10. The second-order valence-electron chi connectivity index (χ2n) is 3.69. The summed E-state index contributed by atoms with van der Waals surface area (Å²) in [6, 6.07) is 5.48. The van der Waals surface area contributed by atoms with Crippen LogP contribution in [0, 0.1) is 6.92 Å². The van der Waals surface area contributed by atoms with Crippen molar-refractivity contribution in [3.8, 4) is 0 Å². The molecular formula is C12H19N3O. The van der Waals surface area contributed by atoms with Gasteiger partial charge in [-0.3, -0.25) is 0 Å². The molecule has 0 aliphatic carbocycles. The van der Waals surface area contributed by atoms with Gasteiger partial charge in [0.2, 0.25) is 0 Å². The summed E-state index contributed by atoms with van der Waals surface area (Å²) in [5, 5.41) is 2.80. The van der Waals surface area contributed by atoms with Crippen molar-refractivity contribution in [3.63, 3.8) is 0 Å². The lowest BCUT2D eigenvalue weighted by atomic mass is 10.2. The number of anilines is 2. The Morgan fingerprint density at radius 3 is 2.50 bits per heavy atom. The van der Waals surface area contributed by atoms with Crippen LogP contribution in [0.1, 0.15) is 19.4 Å². The van der Waals surface area contributed by atoms with Gasteiger partial charge in [0, 0.05) is 13.1 Å². The standard InChI is InChI=1S/C12H19N3O/c1-4-15(5-2)12(16)14-11-7-6-9(3)8-10(11)13/h6-8H,4-5,13H2,1-3H3,(H,14,16). The van der Waals surface area contributed by atoms with Gasteiger partial charge < -0.3 is 16.0 Å². The maximum atomic E-state index is 11.8. The number of benzene rings is 1. The van der Waals surface area contributed by atoms with Gasteiger partial charge in [0.05, 0.1) is 11.4 Å². The van der Waals surface area contributed by atoms with E-state index >= 15 is 0 Å². The van der Waals surface area contributed by atoms with Crippen LogP contribution in [0.2, 0.25) is 0 Å². The van der Waals surface area contributed by atoms with E-state index in [2.05, 4.69) is 5.32 Å². The van der Waals surface area contributed by atoms with Crippen LogP contribution in [0.15, 0.2) is 18.2 Å². The SMILES string of the molecule is CCN(CC)C(=O)Nc1ccc(C)cc1N. The van der Waals surface area contributed by atoms with E-state index in [0.29, 0.717) is 24.5 Å². The van der Waals surface area contributed by atoms with Crippen LogP contribution in [0.5, 0.6) is 0 Å².